The first kappa shape index (κ1) is 14.4. The fourth-order valence-corrected chi connectivity index (χ4v) is 1.30. The lowest BCUT2D eigenvalue weighted by Crippen LogP contribution is -2.19. The van der Waals surface area contributed by atoms with Gasteiger partial charge in [-0.25, -0.2) is 9.97 Å². The van der Waals surface area contributed by atoms with Crippen LogP contribution in [0.2, 0.25) is 5.28 Å². The predicted octanol–water partition coefficient (Wildman–Crippen LogP) is 1.60. The van der Waals surface area contributed by atoms with E-state index in [0.29, 0.717) is 6.07 Å². The van der Waals surface area contributed by atoms with Gasteiger partial charge in [-0.05, 0) is 17.7 Å². The quantitative estimate of drug-likeness (QED) is 0.364. The Hall–Kier alpha value is -1.70. The molecule has 0 aliphatic carbocycles. The van der Waals surface area contributed by atoms with Gasteiger partial charge in [0.1, 0.15) is 12.0 Å². The molecule has 0 saturated heterocycles. The number of halogens is 4. The van der Waals surface area contributed by atoms with Crippen molar-refractivity contribution in [3.63, 3.8) is 0 Å². The zero-order chi connectivity index (χ0) is 13.9. The molecule has 1 heterocycles. The molecule has 1 rings (SSSR count). The third kappa shape index (κ3) is 3.16. The summed E-state index contributed by atoms with van der Waals surface area (Å²) in [5.74, 6) is -2.61. The smallest absolute Gasteiger partial charge is 0.433 e. The van der Waals surface area contributed by atoms with Crippen molar-refractivity contribution in [1.82, 2.24) is 9.97 Å². The number of hydrogen-bond donors (Lipinski definition) is 0. The summed E-state index contributed by atoms with van der Waals surface area (Å²) in [7, 11) is 0.992. The van der Waals surface area contributed by atoms with Gasteiger partial charge in [0, 0.05) is 0 Å². The molecule has 0 saturated carbocycles. The largest absolute Gasteiger partial charge is 0.468 e. The lowest BCUT2D eigenvalue weighted by Gasteiger charge is -2.11. The van der Waals surface area contributed by atoms with Gasteiger partial charge < -0.3 is 9.53 Å². The molecule has 1 atom stereocenters. The number of methoxy groups -OCH3 is 1. The molecule has 18 heavy (non-hydrogen) atoms. The second kappa shape index (κ2) is 5.30. The van der Waals surface area contributed by atoms with E-state index in [0.717, 1.165) is 7.11 Å². The van der Waals surface area contributed by atoms with Crippen LogP contribution in [0.25, 0.3) is 0 Å². The van der Waals surface area contributed by atoms with E-state index in [1.54, 1.807) is 0 Å². The van der Waals surface area contributed by atoms with E-state index >= 15 is 0 Å². The molecule has 0 N–H and O–H groups in total. The van der Waals surface area contributed by atoms with Gasteiger partial charge in [0.25, 0.3) is 0 Å². The Balaban J connectivity index is 3.28. The van der Waals surface area contributed by atoms with E-state index in [4.69, 9.17) is 11.6 Å². The number of rotatable bonds is 3. The predicted molar refractivity (Wildman–Crippen MR) is 52.9 cm³/mol. The Kier molecular flexibility index (Phi) is 4.23. The highest BCUT2D eigenvalue weighted by atomic mass is 35.5. The highest BCUT2D eigenvalue weighted by Crippen LogP contribution is 2.30. The molecule has 0 amide bonds. The van der Waals surface area contributed by atoms with E-state index < -0.39 is 34.7 Å². The first-order chi connectivity index (χ1) is 8.29. The number of alkyl halides is 3. The number of aldehydes is 1. The zero-order valence-corrected chi connectivity index (χ0v) is 9.62. The minimum Gasteiger partial charge on any atom is -0.468 e. The molecule has 0 aliphatic heterocycles. The van der Waals surface area contributed by atoms with Crippen LogP contribution in [0.3, 0.4) is 0 Å². The summed E-state index contributed by atoms with van der Waals surface area (Å²) in [6, 6.07) is 0.474. The molecule has 0 spiro atoms. The van der Waals surface area contributed by atoms with Crippen LogP contribution in [-0.4, -0.2) is 29.3 Å². The van der Waals surface area contributed by atoms with Crippen LogP contribution >= 0.6 is 11.6 Å². The van der Waals surface area contributed by atoms with Gasteiger partial charge in [0.2, 0.25) is 5.28 Å². The van der Waals surface area contributed by atoms with Crippen LogP contribution in [0.5, 0.6) is 0 Å². The molecule has 1 aromatic heterocycles. The minimum atomic E-state index is -4.76. The Morgan fingerprint density at radius 1 is 1.50 bits per heavy atom. The van der Waals surface area contributed by atoms with Gasteiger partial charge in [0.05, 0.1) is 12.8 Å². The van der Waals surface area contributed by atoms with E-state index in [2.05, 4.69) is 14.7 Å². The van der Waals surface area contributed by atoms with Crippen molar-refractivity contribution >= 4 is 23.9 Å². The molecule has 1 unspecified atom stereocenters. The monoisotopic (exact) mass is 282 g/mol. The summed E-state index contributed by atoms with van der Waals surface area (Å²) >= 11 is 5.31. The Labute approximate surface area is 104 Å². The van der Waals surface area contributed by atoms with Gasteiger partial charge in [0.15, 0.2) is 5.92 Å². The highest BCUT2D eigenvalue weighted by molar-refractivity contribution is 6.28. The summed E-state index contributed by atoms with van der Waals surface area (Å²) < 4.78 is 41.6. The topological polar surface area (TPSA) is 69.2 Å². The molecule has 0 fully saturated rings. The van der Waals surface area contributed by atoms with Crippen LogP contribution in [-0.2, 0) is 20.5 Å². The Bertz CT molecular complexity index is 479. The van der Waals surface area contributed by atoms with Crippen LogP contribution in [0, 0.1) is 0 Å². The van der Waals surface area contributed by atoms with E-state index in [-0.39, 0.29) is 6.29 Å². The molecule has 0 radical (unpaired) electrons. The van der Waals surface area contributed by atoms with E-state index in [1.165, 1.54) is 0 Å². The normalized spacial score (nSPS) is 12.9. The van der Waals surface area contributed by atoms with Crippen LogP contribution in [0.15, 0.2) is 6.07 Å². The fourth-order valence-electron chi connectivity index (χ4n) is 1.11. The molecule has 9 heteroatoms. The summed E-state index contributed by atoms with van der Waals surface area (Å²) in [5, 5.41) is -0.712. The number of nitrogens with zero attached hydrogens (tertiary/aromatic N) is 2. The standard InChI is InChI=1S/C9H6ClF3N2O3/c1-18-7(17)4(3-16)5-2-6(9(11,12)13)15-8(10)14-5/h2-4H,1H3. The average Bonchev–Trinajstić information content (AvgIpc) is 2.27. The number of carbonyl (C=O) groups excluding carboxylic acids is 2. The van der Waals surface area contributed by atoms with Crippen molar-refractivity contribution in [1.29, 1.82) is 0 Å². The second-order valence-corrected chi connectivity index (χ2v) is 3.42. The Morgan fingerprint density at radius 2 is 2.11 bits per heavy atom. The zero-order valence-electron chi connectivity index (χ0n) is 8.86. The average molecular weight is 283 g/mol. The molecular weight excluding hydrogens is 277 g/mol. The van der Waals surface area contributed by atoms with Crippen LogP contribution in [0.1, 0.15) is 17.3 Å². The van der Waals surface area contributed by atoms with Gasteiger partial charge in [-0.15, -0.1) is 0 Å². The van der Waals surface area contributed by atoms with Crippen molar-refractivity contribution in [3.05, 3.63) is 22.7 Å². The maximum Gasteiger partial charge on any atom is 0.433 e. The number of carbonyl (C=O) groups is 2. The fraction of sp³-hybridized carbons (Fsp3) is 0.333. The Morgan fingerprint density at radius 3 is 2.56 bits per heavy atom. The van der Waals surface area contributed by atoms with Crippen molar-refractivity contribution in [2.24, 2.45) is 0 Å². The maximum absolute atomic E-state index is 12.4. The van der Waals surface area contributed by atoms with Gasteiger partial charge >= 0.3 is 12.1 Å². The molecule has 98 valence electrons. The van der Waals surface area contributed by atoms with Crippen LogP contribution < -0.4 is 0 Å². The van der Waals surface area contributed by atoms with Crippen molar-refractivity contribution in [3.8, 4) is 0 Å². The van der Waals surface area contributed by atoms with Gasteiger partial charge in [-0.2, -0.15) is 13.2 Å². The molecule has 5 nitrogen and oxygen atoms in total. The first-order valence-electron chi connectivity index (χ1n) is 4.44. The first-order valence-corrected chi connectivity index (χ1v) is 4.82. The lowest BCUT2D eigenvalue weighted by molar-refractivity contribution is -0.145. The number of aromatic nitrogens is 2. The van der Waals surface area contributed by atoms with Crippen molar-refractivity contribution in [2.45, 2.75) is 12.1 Å². The van der Waals surface area contributed by atoms with Crippen molar-refractivity contribution < 1.29 is 27.5 Å². The molecular formula is C9H6ClF3N2O3. The van der Waals surface area contributed by atoms with E-state index in [1.807, 2.05) is 0 Å². The third-order valence-corrected chi connectivity index (χ3v) is 2.09. The minimum absolute atomic E-state index is 0.116. The molecule has 0 aliphatic rings. The highest BCUT2D eigenvalue weighted by Gasteiger charge is 2.35. The number of hydrogen-bond acceptors (Lipinski definition) is 5. The molecule has 1 aromatic rings. The third-order valence-electron chi connectivity index (χ3n) is 1.92. The summed E-state index contributed by atoms with van der Waals surface area (Å²) in [6.07, 6.45) is -4.64. The molecule has 0 bridgehead atoms. The summed E-state index contributed by atoms with van der Waals surface area (Å²) in [4.78, 5) is 28.2. The lowest BCUT2D eigenvalue weighted by atomic mass is 10.1. The van der Waals surface area contributed by atoms with Gasteiger partial charge in [-0.3, -0.25) is 4.79 Å². The van der Waals surface area contributed by atoms with Crippen molar-refractivity contribution in [2.75, 3.05) is 7.11 Å². The van der Waals surface area contributed by atoms with Gasteiger partial charge in [-0.1, -0.05) is 0 Å². The second-order valence-electron chi connectivity index (χ2n) is 3.08. The van der Waals surface area contributed by atoms with Crippen LogP contribution in [0.4, 0.5) is 13.2 Å². The SMILES string of the molecule is COC(=O)C(C=O)c1cc(C(F)(F)F)nc(Cl)n1. The number of ether oxygens (including phenoxy) is 1. The molecule has 0 aromatic carbocycles. The summed E-state index contributed by atoms with van der Waals surface area (Å²) in [6.45, 7) is 0. The summed E-state index contributed by atoms with van der Waals surface area (Å²) in [5.41, 5.74) is -1.81. The number of esters is 1. The van der Waals surface area contributed by atoms with E-state index in [9.17, 15) is 22.8 Å². The maximum atomic E-state index is 12.4.